The predicted molar refractivity (Wildman–Crippen MR) is 52.7 cm³/mol. The summed E-state index contributed by atoms with van der Waals surface area (Å²) in [4.78, 5) is 6.52. The summed E-state index contributed by atoms with van der Waals surface area (Å²) >= 11 is 0. The molecule has 0 aromatic carbocycles. The van der Waals surface area contributed by atoms with E-state index < -0.39 is 17.9 Å². The fraction of sp³-hybridized carbons (Fsp3) is 0.545. The Hall–Kier alpha value is -1.64. The number of aromatic nitrogens is 2. The Morgan fingerprint density at radius 1 is 1.35 bits per heavy atom. The topological polar surface area (TPSA) is 49.6 Å². The van der Waals surface area contributed by atoms with E-state index in [2.05, 4.69) is 16.0 Å². The van der Waals surface area contributed by atoms with Crippen molar-refractivity contribution >= 4 is 0 Å². The molecular weight excluding hydrogens is 231 g/mol. The van der Waals surface area contributed by atoms with Crippen molar-refractivity contribution in [3.8, 4) is 6.07 Å². The first-order valence-corrected chi connectivity index (χ1v) is 5.29. The van der Waals surface area contributed by atoms with Crippen LogP contribution in [0.1, 0.15) is 36.6 Å². The van der Waals surface area contributed by atoms with Gasteiger partial charge < -0.3 is 0 Å². The maximum absolute atomic E-state index is 12.2. The Bertz CT molecular complexity index is 429. The molecule has 1 atom stereocenters. The van der Waals surface area contributed by atoms with Crippen LogP contribution < -0.4 is 0 Å². The standard InChI is InChI=1S/C11H10F3N3/c12-11(13,14)10-16-5-9(6-17-10)8(4-15)3-7-1-2-7/h5-8H,1-3H2. The van der Waals surface area contributed by atoms with Gasteiger partial charge in [-0.2, -0.15) is 18.4 Å². The summed E-state index contributed by atoms with van der Waals surface area (Å²) < 4.78 is 36.7. The average Bonchev–Trinajstić information content (AvgIpc) is 3.09. The number of halogens is 3. The first-order chi connectivity index (χ1) is 8.00. The highest BCUT2D eigenvalue weighted by Crippen LogP contribution is 2.38. The summed E-state index contributed by atoms with van der Waals surface area (Å²) in [6, 6.07) is 2.09. The zero-order chi connectivity index (χ0) is 12.5. The molecule has 1 aromatic rings. The fourth-order valence-corrected chi connectivity index (χ4v) is 1.61. The lowest BCUT2D eigenvalue weighted by atomic mass is 9.97. The molecule has 6 heteroatoms. The second-order valence-corrected chi connectivity index (χ2v) is 4.20. The SMILES string of the molecule is N#CC(CC1CC1)c1cnc(C(F)(F)F)nc1. The van der Waals surface area contributed by atoms with E-state index in [1.807, 2.05) is 0 Å². The molecular formula is C11H10F3N3. The van der Waals surface area contributed by atoms with Crippen LogP contribution >= 0.6 is 0 Å². The first-order valence-electron chi connectivity index (χ1n) is 5.29. The zero-order valence-electron chi connectivity index (χ0n) is 8.91. The fourth-order valence-electron chi connectivity index (χ4n) is 1.61. The number of hydrogen-bond donors (Lipinski definition) is 0. The van der Waals surface area contributed by atoms with E-state index in [4.69, 9.17) is 5.26 Å². The normalized spacial score (nSPS) is 17.5. The molecule has 1 fully saturated rings. The van der Waals surface area contributed by atoms with Crippen molar-refractivity contribution in [1.82, 2.24) is 9.97 Å². The molecule has 17 heavy (non-hydrogen) atoms. The van der Waals surface area contributed by atoms with Gasteiger partial charge in [-0.15, -0.1) is 0 Å². The van der Waals surface area contributed by atoms with Crippen molar-refractivity contribution in [3.05, 3.63) is 23.8 Å². The highest BCUT2D eigenvalue weighted by molar-refractivity contribution is 5.20. The maximum Gasteiger partial charge on any atom is 0.451 e. The van der Waals surface area contributed by atoms with Crippen LogP contribution in [-0.4, -0.2) is 9.97 Å². The summed E-state index contributed by atoms with van der Waals surface area (Å²) in [6.07, 6.45) is 0.555. The van der Waals surface area contributed by atoms with E-state index in [0.29, 0.717) is 17.9 Å². The Kier molecular flexibility index (Phi) is 3.01. The van der Waals surface area contributed by atoms with Crippen molar-refractivity contribution in [3.63, 3.8) is 0 Å². The molecule has 90 valence electrons. The van der Waals surface area contributed by atoms with Gasteiger partial charge in [0.15, 0.2) is 0 Å². The van der Waals surface area contributed by atoms with Crippen molar-refractivity contribution in [2.45, 2.75) is 31.4 Å². The average molecular weight is 241 g/mol. The Morgan fingerprint density at radius 3 is 2.35 bits per heavy atom. The van der Waals surface area contributed by atoms with E-state index in [-0.39, 0.29) is 0 Å². The molecule has 2 rings (SSSR count). The molecule has 0 bridgehead atoms. The first kappa shape index (κ1) is 11.8. The van der Waals surface area contributed by atoms with Crippen molar-refractivity contribution in [2.24, 2.45) is 5.92 Å². The Morgan fingerprint density at radius 2 is 1.94 bits per heavy atom. The molecule has 0 N–H and O–H groups in total. The number of rotatable bonds is 3. The van der Waals surface area contributed by atoms with Crippen LogP contribution in [0.25, 0.3) is 0 Å². The second-order valence-electron chi connectivity index (χ2n) is 4.20. The Labute approximate surface area is 96.3 Å². The van der Waals surface area contributed by atoms with Gasteiger partial charge in [0, 0.05) is 18.0 Å². The minimum atomic E-state index is -4.53. The third kappa shape index (κ3) is 2.93. The molecule has 0 amide bonds. The van der Waals surface area contributed by atoms with Crippen LogP contribution in [0.2, 0.25) is 0 Å². The van der Waals surface area contributed by atoms with Gasteiger partial charge in [-0.05, 0) is 12.3 Å². The molecule has 1 aromatic heterocycles. The molecule has 3 nitrogen and oxygen atoms in total. The lowest BCUT2D eigenvalue weighted by Gasteiger charge is -2.09. The zero-order valence-corrected chi connectivity index (χ0v) is 8.91. The van der Waals surface area contributed by atoms with E-state index >= 15 is 0 Å². The largest absolute Gasteiger partial charge is 0.451 e. The maximum atomic E-state index is 12.2. The van der Waals surface area contributed by atoms with Crippen LogP contribution in [0.3, 0.4) is 0 Å². The molecule has 1 unspecified atom stereocenters. The minimum Gasteiger partial charge on any atom is -0.233 e. The summed E-state index contributed by atoms with van der Waals surface area (Å²) in [5, 5.41) is 8.96. The van der Waals surface area contributed by atoms with Crippen LogP contribution in [0.5, 0.6) is 0 Å². The summed E-state index contributed by atoms with van der Waals surface area (Å²) in [6.45, 7) is 0. The summed E-state index contributed by atoms with van der Waals surface area (Å²) in [5.74, 6) is -1.03. The molecule has 1 aliphatic carbocycles. The van der Waals surface area contributed by atoms with Crippen LogP contribution in [0.4, 0.5) is 13.2 Å². The summed E-state index contributed by atoms with van der Waals surface area (Å²) in [5.41, 5.74) is 0.465. The quantitative estimate of drug-likeness (QED) is 0.817. The highest BCUT2D eigenvalue weighted by atomic mass is 19.4. The minimum absolute atomic E-state index is 0.398. The predicted octanol–water partition coefficient (Wildman–Crippen LogP) is 2.90. The number of nitriles is 1. The van der Waals surface area contributed by atoms with Crippen molar-refractivity contribution in [1.29, 1.82) is 5.26 Å². The molecule has 1 heterocycles. The van der Waals surface area contributed by atoms with Gasteiger partial charge >= 0.3 is 6.18 Å². The van der Waals surface area contributed by atoms with Gasteiger partial charge in [0.2, 0.25) is 5.82 Å². The number of hydrogen-bond acceptors (Lipinski definition) is 3. The molecule has 0 radical (unpaired) electrons. The lowest BCUT2D eigenvalue weighted by Crippen LogP contribution is -2.11. The monoisotopic (exact) mass is 241 g/mol. The van der Waals surface area contributed by atoms with Gasteiger partial charge in [0.25, 0.3) is 0 Å². The lowest BCUT2D eigenvalue weighted by molar-refractivity contribution is -0.145. The number of alkyl halides is 3. The van der Waals surface area contributed by atoms with Gasteiger partial charge in [-0.1, -0.05) is 12.8 Å². The molecule has 1 saturated carbocycles. The van der Waals surface area contributed by atoms with E-state index in [0.717, 1.165) is 25.2 Å². The van der Waals surface area contributed by atoms with Crippen LogP contribution in [0.15, 0.2) is 12.4 Å². The summed E-state index contributed by atoms with van der Waals surface area (Å²) in [7, 11) is 0. The molecule has 0 spiro atoms. The number of nitrogens with zero attached hydrogens (tertiary/aromatic N) is 3. The molecule has 0 saturated heterocycles. The Balaban J connectivity index is 2.13. The van der Waals surface area contributed by atoms with Crippen molar-refractivity contribution in [2.75, 3.05) is 0 Å². The second kappa shape index (κ2) is 4.32. The third-order valence-corrected chi connectivity index (χ3v) is 2.75. The third-order valence-electron chi connectivity index (χ3n) is 2.75. The van der Waals surface area contributed by atoms with Crippen molar-refractivity contribution < 1.29 is 13.2 Å². The van der Waals surface area contributed by atoms with Gasteiger partial charge in [0.05, 0.1) is 12.0 Å². The van der Waals surface area contributed by atoms with E-state index in [1.54, 1.807) is 0 Å². The van der Waals surface area contributed by atoms with Crippen LogP contribution in [-0.2, 0) is 6.18 Å². The van der Waals surface area contributed by atoms with Gasteiger partial charge in [-0.25, -0.2) is 9.97 Å². The van der Waals surface area contributed by atoms with Crippen LogP contribution in [0, 0.1) is 17.2 Å². The van der Waals surface area contributed by atoms with Gasteiger partial charge in [0.1, 0.15) is 0 Å². The molecule has 0 aliphatic heterocycles. The van der Waals surface area contributed by atoms with Gasteiger partial charge in [-0.3, -0.25) is 0 Å². The smallest absolute Gasteiger partial charge is 0.233 e. The highest BCUT2D eigenvalue weighted by Gasteiger charge is 2.34. The molecule has 1 aliphatic rings. The van der Waals surface area contributed by atoms with E-state index in [1.165, 1.54) is 0 Å². The van der Waals surface area contributed by atoms with E-state index in [9.17, 15) is 13.2 Å².